The molecule has 22 heavy (non-hydrogen) atoms. The summed E-state index contributed by atoms with van der Waals surface area (Å²) >= 11 is 0. The van der Waals surface area contributed by atoms with E-state index in [1.54, 1.807) is 24.3 Å². The molecule has 0 unspecified atom stereocenters. The van der Waals surface area contributed by atoms with Crippen molar-refractivity contribution in [3.8, 4) is 0 Å². The molecule has 2 N–H and O–H groups in total. The van der Waals surface area contributed by atoms with Gasteiger partial charge < -0.3 is 5.11 Å². The zero-order valence-electron chi connectivity index (χ0n) is 12.1. The second-order valence-electron chi connectivity index (χ2n) is 4.88. The third-order valence-corrected chi connectivity index (χ3v) is 4.55. The first-order valence-corrected chi connectivity index (χ1v) is 8.36. The van der Waals surface area contributed by atoms with Crippen LogP contribution in [0.3, 0.4) is 0 Å². The van der Waals surface area contributed by atoms with Crippen LogP contribution in [0.15, 0.2) is 53.4 Å². The standard InChI is InChI=1S/C16H17NO4S/c1-2-3-12-4-10-15(11-5-12)22(20,21)17-14-8-6-13(7-9-14)16(18)19/h4-11,17H,2-3H2,1H3,(H,18,19). The largest absolute Gasteiger partial charge is 0.478 e. The number of sulfonamides is 1. The van der Waals surface area contributed by atoms with Gasteiger partial charge in [-0.05, 0) is 48.4 Å². The molecule has 0 aliphatic carbocycles. The predicted octanol–water partition coefficient (Wildman–Crippen LogP) is 3.14. The van der Waals surface area contributed by atoms with Crippen LogP contribution >= 0.6 is 0 Å². The summed E-state index contributed by atoms with van der Waals surface area (Å²) in [6.45, 7) is 2.06. The van der Waals surface area contributed by atoms with E-state index < -0.39 is 16.0 Å². The number of hydrogen-bond donors (Lipinski definition) is 2. The minimum Gasteiger partial charge on any atom is -0.478 e. The Labute approximate surface area is 129 Å². The Morgan fingerprint density at radius 3 is 2.14 bits per heavy atom. The first-order valence-electron chi connectivity index (χ1n) is 6.87. The van der Waals surface area contributed by atoms with Crippen LogP contribution in [0.2, 0.25) is 0 Å². The Morgan fingerprint density at radius 2 is 1.64 bits per heavy atom. The van der Waals surface area contributed by atoms with Crippen molar-refractivity contribution in [2.45, 2.75) is 24.7 Å². The Bertz CT molecular complexity index is 750. The van der Waals surface area contributed by atoms with Crippen molar-refractivity contribution < 1.29 is 18.3 Å². The normalized spacial score (nSPS) is 11.1. The number of rotatable bonds is 6. The van der Waals surface area contributed by atoms with Crippen molar-refractivity contribution >= 4 is 21.7 Å². The van der Waals surface area contributed by atoms with Crippen LogP contribution in [-0.2, 0) is 16.4 Å². The van der Waals surface area contributed by atoms with E-state index in [1.807, 2.05) is 0 Å². The Hall–Kier alpha value is -2.34. The van der Waals surface area contributed by atoms with Gasteiger partial charge in [0.15, 0.2) is 0 Å². The molecule has 0 aromatic heterocycles. The molecule has 0 bridgehead atoms. The summed E-state index contributed by atoms with van der Waals surface area (Å²) in [6, 6.07) is 12.3. The lowest BCUT2D eigenvalue weighted by molar-refractivity contribution is 0.0697. The third-order valence-electron chi connectivity index (χ3n) is 3.16. The highest BCUT2D eigenvalue weighted by molar-refractivity contribution is 7.92. The van der Waals surface area contributed by atoms with Gasteiger partial charge in [-0.3, -0.25) is 4.72 Å². The van der Waals surface area contributed by atoms with Gasteiger partial charge in [-0.25, -0.2) is 13.2 Å². The van der Waals surface area contributed by atoms with Crippen LogP contribution in [-0.4, -0.2) is 19.5 Å². The highest BCUT2D eigenvalue weighted by atomic mass is 32.2. The molecule has 6 heteroatoms. The lowest BCUT2D eigenvalue weighted by Gasteiger charge is -2.09. The Kier molecular flexibility index (Phi) is 4.82. The molecule has 0 saturated heterocycles. The average Bonchev–Trinajstić information content (AvgIpc) is 2.48. The maximum Gasteiger partial charge on any atom is 0.335 e. The van der Waals surface area contributed by atoms with Gasteiger partial charge in [0.05, 0.1) is 10.5 Å². The molecule has 0 radical (unpaired) electrons. The second kappa shape index (κ2) is 6.62. The van der Waals surface area contributed by atoms with Crippen molar-refractivity contribution in [1.82, 2.24) is 0 Å². The zero-order chi connectivity index (χ0) is 16.2. The number of carboxylic acid groups (broad SMARTS) is 1. The molecular weight excluding hydrogens is 302 g/mol. The lowest BCUT2D eigenvalue weighted by Crippen LogP contribution is -2.13. The van der Waals surface area contributed by atoms with Crippen LogP contribution in [0.1, 0.15) is 29.3 Å². The van der Waals surface area contributed by atoms with E-state index in [2.05, 4.69) is 11.6 Å². The van der Waals surface area contributed by atoms with Crippen molar-refractivity contribution in [2.24, 2.45) is 0 Å². The molecule has 0 aliphatic rings. The summed E-state index contributed by atoms with van der Waals surface area (Å²) in [7, 11) is -3.68. The summed E-state index contributed by atoms with van der Waals surface area (Å²) < 4.78 is 27.0. The molecule has 0 heterocycles. The van der Waals surface area contributed by atoms with Gasteiger partial charge in [0.1, 0.15) is 0 Å². The van der Waals surface area contributed by atoms with Crippen LogP contribution < -0.4 is 4.72 Å². The molecule has 2 aromatic rings. The smallest absolute Gasteiger partial charge is 0.335 e. The number of carboxylic acids is 1. The minimum atomic E-state index is -3.68. The number of carbonyl (C=O) groups is 1. The maximum atomic E-state index is 12.3. The maximum absolute atomic E-state index is 12.3. The SMILES string of the molecule is CCCc1ccc(S(=O)(=O)Nc2ccc(C(=O)O)cc2)cc1. The molecule has 0 amide bonds. The monoisotopic (exact) mass is 319 g/mol. The minimum absolute atomic E-state index is 0.104. The highest BCUT2D eigenvalue weighted by Gasteiger charge is 2.14. The van der Waals surface area contributed by atoms with Gasteiger partial charge in [0.2, 0.25) is 0 Å². The molecule has 0 aliphatic heterocycles. The Balaban J connectivity index is 2.18. The Morgan fingerprint density at radius 1 is 1.05 bits per heavy atom. The van der Waals surface area contributed by atoms with Crippen LogP contribution in [0.5, 0.6) is 0 Å². The van der Waals surface area contributed by atoms with E-state index in [0.717, 1.165) is 18.4 Å². The lowest BCUT2D eigenvalue weighted by atomic mass is 10.1. The highest BCUT2D eigenvalue weighted by Crippen LogP contribution is 2.17. The van der Waals surface area contributed by atoms with E-state index in [4.69, 9.17) is 5.11 Å². The molecule has 0 fully saturated rings. The molecule has 2 aromatic carbocycles. The third kappa shape index (κ3) is 3.85. The van der Waals surface area contributed by atoms with Crippen LogP contribution in [0.4, 0.5) is 5.69 Å². The topological polar surface area (TPSA) is 83.5 Å². The quantitative estimate of drug-likeness (QED) is 0.857. The van der Waals surface area contributed by atoms with Crippen molar-refractivity contribution in [2.75, 3.05) is 4.72 Å². The van der Waals surface area contributed by atoms with E-state index in [-0.39, 0.29) is 10.5 Å². The van der Waals surface area contributed by atoms with Gasteiger partial charge in [-0.2, -0.15) is 0 Å². The fourth-order valence-electron chi connectivity index (χ4n) is 2.02. The van der Waals surface area contributed by atoms with E-state index >= 15 is 0 Å². The van der Waals surface area contributed by atoms with Crippen LogP contribution in [0.25, 0.3) is 0 Å². The summed E-state index contributed by atoms with van der Waals surface area (Å²) in [5, 5.41) is 8.82. The number of nitrogens with one attached hydrogen (secondary N) is 1. The van der Waals surface area contributed by atoms with E-state index in [1.165, 1.54) is 24.3 Å². The first kappa shape index (κ1) is 16.0. The second-order valence-corrected chi connectivity index (χ2v) is 6.56. The fraction of sp³-hybridized carbons (Fsp3) is 0.188. The molecule has 0 spiro atoms. The molecule has 0 saturated carbocycles. The zero-order valence-corrected chi connectivity index (χ0v) is 12.9. The molecule has 5 nitrogen and oxygen atoms in total. The molecular formula is C16H17NO4S. The van der Waals surface area contributed by atoms with Crippen molar-refractivity contribution in [3.63, 3.8) is 0 Å². The predicted molar refractivity (Wildman–Crippen MR) is 84.6 cm³/mol. The van der Waals surface area contributed by atoms with Gasteiger partial charge in [-0.15, -0.1) is 0 Å². The first-order chi connectivity index (χ1) is 10.4. The van der Waals surface area contributed by atoms with Crippen molar-refractivity contribution in [1.29, 1.82) is 0 Å². The van der Waals surface area contributed by atoms with Crippen LogP contribution in [0, 0.1) is 0 Å². The van der Waals surface area contributed by atoms with Gasteiger partial charge >= 0.3 is 5.97 Å². The molecule has 0 atom stereocenters. The summed E-state index contributed by atoms with van der Waals surface area (Å²) in [5.41, 5.74) is 1.52. The number of aryl methyl sites for hydroxylation is 1. The molecule has 116 valence electrons. The molecule has 2 rings (SSSR count). The number of aromatic carboxylic acids is 1. The fourth-order valence-corrected chi connectivity index (χ4v) is 3.08. The van der Waals surface area contributed by atoms with Crippen molar-refractivity contribution in [3.05, 3.63) is 59.7 Å². The van der Waals surface area contributed by atoms with Gasteiger partial charge in [0, 0.05) is 5.69 Å². The summed E-state index contributed by atoms with van der Waals surface area (Å²) in [5.74, 6) is -1.05. The van der Waals surface area contributed by atoms with E-state index in [9.17, 15) is 13.2 Å². The summed E-state index contributed by atoms with van der Waals surface area (Å²) in [4.78, 5) is 10.9. The van der Waals surface area contributed by atoms with Gasteiger partial charge in [-0.1, -0.05) is 25.5 Å². The number of hydrogen-bond acceptors (Lipinski definition) is 3. The summed E-state index contributed by atoms with van der Waals surface area (Å²) in [6.07, 6.45) is 1.91. The number of benzene rings is 2. The number of anilines is 1. The average molecular weight is 319 g/mol. The van der Waals surface area contributed by atoms with Gasteiger partial charge in [0.25, 0.3) is 10.0 Å². The van der Waals surface area contributed by atoms with E-state index in [0.29, 0.717) is 5.69 Å².